The quantitative estimate of drug-likeness (QED) is 0.512. The Morgan fingerprint density at radius 3 is 2.50 bits per heavy atom. The standard InChI is InChI=1S/C22H23FN4O5/c23-14-4-6-15(7-5-14)26-11-8-25(9-12-26)10-13-27-20(28)19-18-16(24-27)2-1-3-17(18)31-21(29)22(30)32-19/h4-7,17H,1-3,8-13H2. The summed E-state index contributed by atoms with van der Waals surface area (Å²) in [6.45, 7) is 4.12. The Balaban J connectivity index is 1.28. The molecule has 2 aliphatic heterocycles. The van der Waals surface area contributed by atoms with Crippen molar-refractivity contribution in [2.45, 2.75) is 31.9 Å². The second-order valence-electron chi connectivity index (χ2n) is 8.20. The van der Waals surface area contributed by atoms with E-state index in [1.807, 2.05) is 0 Å². The minimum atomic E-state index is -1.17. The van der Waals surface area contributed by atoms with Gasteiger partial charge in [-0.3, -0.25) is 9.69 Å². The van der Waals surface area contributed by atoms with Crippen LogP contribution in [0.2, 0.25) is 0 Å². The average Bonchev–Trinajstić information content (AvgIpc) is 2.93. The number of carbonyl (C=O) groups excluding carboxylic acids is 2. The molecular formula is C22H23FN4O5. The molecule has 0 amide bonds. The molecule has 0 N–H and O–H groups in total. The molecule has 0 saturated carbocycles. The predicted molar refractivity (Wildman–Crippen MR) is 111 cm³/mol. The number of anilines is 1. The van der Waals surface area contributed by atoms with Crippen LogP contribution < -0.4 is 15.2 Å². The Morgan fingerprint density at radius 2 is 1.75 bits per heavy atom. The van der Waals surface area contributed by atoms with E-state index in [9.17, 15) is 18.8 Å². The lowest BCUT2D eigenvalue weighted by molar-refractivity contribution is -0.164. The Morgan fingerprint density at radius 1 is 1.00 bits per heavy atom. The summed E-state index contributed by atoms with van der Waals surface area (Å²) in [5, 5.41) is 4.50. The van der Waals surface area contributed by atoms with E-state index in [1.54, 1.807) is 12.1 Å². The van der Waals surface area contributed by atoms with Crippen LogP contribution in [-0.4, -0.2) is 59.3 Å². The summed E-state index contributed by atoms with van der Waals surface area (Å²) in [5.74, 6) is -2.63. The van der Waals surface area contributed by atoms with Gasteiger partial charge in [0.2, 0.25) is 5.75 Å². The molecule has 9 nitrogen and oxygen atoms in total. The molecule has 1 atom stereocenters. The maximum atomic E-state index is 13.1. The molecule has 0 bridgehead atoms. The smallest absolute Gasteiger partial charge is 0.423 e. The fraction of sp³-hybridized carbons (Fsp3) is 0.455. The lowest BCUT2D eigenvalue weighted by Gasteiger charge is -2.36. The maximum Gasteiger partial charge on any atom is 0.423 e. The summed E-state index contributed by atoms with van der Waals surface area (Å²) < 4.78 is 24.8. The molecule has 0 spiro atoms. The van der Waals surface area contributed by atoms with Crippen LogP contribution >= 0.6 is 0 Å². The van der Waals surface area contributed by atoms with Crippen LogP contribution in [0.5, 0.6) is 5.75 Å². The molecule has 168 valence electrons. The predicted octanol–water partition coefficient (Wildman–Crippen LogP) is 1.04. The van der Waals surface area contributed by atoms with Gasteiger partial charge in [0.05, 0.1) is 17.8 Å². The van der Waals surface area contributed by atoms with Crippen molar-refractivity contribution in [2.24, 2.45) is 0 Å². The number of carbonyl (C=O) groups is 2. The Bertz CT molecular complexity index is 1110. The zero-order valence-corrected chi connectivity index (χ0v) is 17.5. The molecule has 3 heterocycles. The molecule has 1 aliphatic carbocycles. The summed E-state index contributed by atoms with van der Waals surface area (Å²) in [6, 6.07) is 6.47. The number of hydrogen-bond acceptors (Lipinski definition) is 8. The van der Waals surface area contributed by atoms with Gasteiger partial charge in [-0.2, -0.15) is 5.10 Å². The lowest BCUT2D eigenvalue weighted by Crippen LogP contribution is -2.47. The molecular weight excluding hydrogens is 419 g/mol. The Hall–Kier alpha value is -3.27. The second-order valence-corrected chi connectivity index (χ2v) is 8.20. The van der Waals surface area contributed by atoms with Gasteiger partial charge >= 0.3 is 17.5 Å². The number of halogens is 1. The molecule has 2 aromatic rings. The van der Waals surface area contributed by atoms with Gasteiger partial charge in [-0.25, -0.2) is 18.7 Å². The first-order valence-electron chi connectivity index (χ1n) is 10.8. The first-order chi connectivity index (χ1) is 15.5. The van der Waals surface area contributed by atoms with E-state index in [2.05, 4.69) is 14.9 Å². The molecule has 3 aliphatic rings. The number of aromatic nitrogens is 2. The van der Waals surface area contributed by atoms with Crippen molar-refractivity contribution in [3.8, 4) is 5.75 Å². The summed E-state index contributed by atoms with van der Waals surface area (Å²) in [4.78, 5) is 41.1. The molecule has 1 fully saturated rings. The number of esters is 2. The molecule has 32 heavy (non-hydrogen) atoms. The third-order valence-corrected chi connectivity index (χ3v) is 6.23. The minimum absolute atomic E-state index is 0.128. The van der Waals surface area contributed by atoms with Crippen LogP contribution in [0.4, 0.5) is 10.1 Å². The number of hydrogen-bond donors (Lipinski definition) is 0. The molecule has 1 aromatic carbocycles. The van der Waals surface area contributed by atoms with Gasteiger partial charge in [-0.05, 0) is 43.5 Å². The van der Waals surface area contributed by atoms with Crippen LogP contribution in [0.3, 0.4) is 0 Å². The van der Waals surface area contributed by atoms with E-state index in [4.69, 9.17) is 9.47 Å². The van der Waals surface area contributed by atoms with E-state index in [-0.39, 0.29) is 11.6 Å². The van der Waals surface area contributed by atoms with Crippen molar-refractivity contribution in [1.29, 1.82) is 0 Å². The van der Waals surface area contributed by atoms with Gasteiger partial charge in [0.25, 0.3) is 0 Å². The highest BCUT2D eigenvalue weighted by Gasteiger charge is 2.38. The van der Waals surface area contributed by atoms with E-state index in [1.165, 1.54) is 16.8 Å². The maximum absolute atomic E-state index is 13.1. The normalized spacial score (nSPS) is 20.9. The number of nitrogens with zero attached hydrogens (tertiary/aromatic N) is 4. The fourth-order valence-electron chi connectivity index (χ4n) is 4.52. The largest absolute Gasteiger partial charge is 0.449 e. The summed E-state index contributed by atoms with van der Waals surface area (Å²) in [5.41, 5.74) is 1.54. The van der Waals surface area contributed by atoms with Crippen LogP contribution in [-0.2, 0) is 27.3 Å². The molecule has 0 radical (unpaired) electrons. The molecule has 1 unspecified atom stereocenters. The van der Waals surface area contributed by atoms with Gasteiger partial charge in [0.1, 0.15) is 11.9 Å². The van der Waals surface area contributed by atoms with Crippen molar-refractivity contribution in [2.75, 3.05) is 37.6 Å². The van der Waals surface area contributed by atoms with Gasteiger partial charge in [-0.1, -0.05) is 0 Å². The highest BCUT2D eigenvalue weighted by atomic mass is 19.1. The third-order valence-electron chi connectivity index (χ3n) is 6.23. The van der Waals surface area contributed by atoms with Crippen molar-refractivity contribution >= 4 is 17.6 Å². The number of piperazine rings is 1. The first kappa shape index (κ1) is 20.6. The van der Waals surface area contributed by atoms with Crippen LogP contribution in [0.25, 0.3) is 0 Å². The minimum Gasteiger partial charge on any atom is -0.449 e. The van der Waals surface area contributed by atoms with Crippen molar-refractivity contribution < 1.29 is 23.5 Å². The third kappa shape index (κ3) is 3.86. The zero-order chi connectivity index (χ0) is 22.2. The van der Waals surface area contributed by atoms with E-state index in [0.717, 1.165) is 38.3 Å². The molecule has 1 aromatic heterocycles. The summed E-state index contributed by atoms with van der Waals surface area (Å²) in [7, 11) is 0. The number of ether oxygens (including phenoxy) is 2. The topological polar surface area (TPSA) is 94.0 Å². The monoisotopic (exact) mass is 442 g/mol. The molecule has 10 heteroatoms. The van der Waals surface area contributed by atoms with Crippen LogP contribution in [0.15, 0.2) is 29.1 Å². The average molecular weight is 442 g/mol. The van der Waals surface area contributed by atoms with Crippen LogP contribution in [0.1, 0.15) is 30.2 Å². The van der Waals surface area contributed by atoms with Crippen molar-refractivity contribution in [1.82, 2.24) is 14.7 Å². The van der Waals surface area contributed by atoms with E-state index >= 15 is 0 Å². The number of rotatable bonds is 4. The second kappa shape index (κ2) is 8.34. The number of aryl methyl sites for hydroxylation is 1. The van der Waals surface area contributed by atoms with Gasteiger partial charge in [0, 0.05) is 38.4 Å². The number of benzene rings is 1. The molecule has 1 saturated heterocycles. The SMILES string of the molecule is O=C1Oc2c3c(nn(CCN4CCN(c5ccc(F)cc5)CC4)c2=O)CCCC3OC1=O. The zero-order valence-electron chi connectivity index (χ0n) is 17.5. The summed E-state index contributed by atoms with van der Waals surface area (Å²) >= 11 is 0. The Kier molecular flexibility index (Phi) is 5.38. The van der Waals surface area contributed by atoms with Gasteiger partial charge in [0.15, 0.2) is 0 Å². The molecule has 5 rings (SSSR count). The van der Waals surface area contributed by atoms with E-state index in [0.29, 0.717) is 37.2 Å². The van der Waals surface area contributed by atoms with Crippen molar-refractivity contribution in [3.05, 3.63) is 51.7 Å². The van der Waals surface area contributed by atoms with Gasteiger partial charge in [-0.15, -0.1) is 0 Å². The summed E-state index contributed by atoms with van der Waals surface area (Å²) in [6.07, 6.45) is 1.24. The Labute approximate surface area is 183 Å². The lowest BCUT2D eigenvalue weighted by atomic mass is 9.93. The van der Waals surface area contributed by atoms with Gasteiger partial charge < -0.3 is 14.4 Å². The van der Waals surface area contributed by atoms with E-state index < -0.39 is 23.6 Å². The van der Waals surface area contributed by atoms with Crippen LogP contribution in [0, 0.1) is 5.82 Å². The highest BCUT2D eigenvalue weighted by molar-refractivity contribution is 6.30. The first-order valence-corrected chi connectivity index (χ1v) is 10.8. The highest BCUT2D eigenvalue weighted by Crippen LogP contribution is 2.37. The fourth-order valence-corrected chi connectivity index (χ4v) is 4.52. The van der Waals surface area contributed by atoms with Crippen molar-refractivity contribution in [3.63, 3.8) is 0 Å².